The zero-order chi connectivity index (χ0) is 36.9. The Hall–Kier alpha value is -3.79. The molecule has 0 aliphatic carbocycles. The van der Waals surface area contributed by atoms with Gasteiger partial charge in [-0.25, -0.2) is 0 Å². The van der Waals surface area contributed by atoms with Crippen LogP contribution in [0, 0.1) is 25.2 Å². The highest BCUT2D eigenvalue weighted by Crippen LogP contribution is 2.11. The molecule has 1 N–H and O–H groups in total. The van der Waals surface area contributed by atoms with Gasteiger partial charge in [-0.3, -0.25) is 9.59 Å². The van der Waals surface area contributed by atoms with Crippen molar-refractivity contribution in [1.29, 1.82) is 5.41 Å². The van der Waals surface area contributed by atoms with Gasteiger partial charge >= 0.3 is 0 Å². The lowest BCUT2D eigenvalue weighted by Crippen LogP contribution is -2.09. The average molecular weight is 645 g/mol. The molecule has 0 aromatic heterocycles. The molecule has 0 saturated carbocycles. The van der Waals surface area contributed by atoms with E-state index >= 15 is 0 Å². The SMILES string of the molecule is C=CC(=O)CC.CC(C)=C(C=N)C(C)C.CC/C=C(/C=C(/C)CC)N(C)C.CCC(=O)c1ccc(C)cc1.CCc1cccc(C)c1. The summed E-state index contributed by atoms with van der Waals surface area (Å²) in [6, 6.07) is 16.3. The van der Waals surface area contributed by atoms with Gasteiger partial charge in [0.15, 0.2) is 11.6 Å². The zero-order valence-electron chi connectivity index (χ0n) is 32.5. The fraction of sp³-hybridized carbons (Fsp3) is 0.465. The largest absolute Gasteiger partial charge is 0.378 e. The van der Waals surface area contributed by atoms with E-state index in [9.17, 15) is 9.59 Å². The molecule has 0 amide bonds. The molecular weight excluding hydrogens is 576 g/mol. The number of allylic oxidation sites excluding steroid dienone is 6. The Labute approximate surface area is 290 Å². The van der Waals surface area contributed by atoms with Crippen LogP contribution in [0.2, 0.25) is 0 Å². The van der Waals surface area contributed by atoms with Gasteiger partial charge in [0.2, 0.25) is 0 Å². The number of rotatable bonds is 11. The molecule has 0 bridgehead atoms. The number of hydrogen-bond acceptors (Lipinski definition) is 4. The molecule has 0 aliphatic rings. The van der Waals surface area contributed by atoms with Crippen LogP contribution in [0.3, 0.4) is 0 Å². The van der Waals surface area contributed by atoms with E-state index in [1.54, 1.807) is 0 Å². The van der Waals surface area contributed by atoms with Gasteiger partial charge in [-0.05, 0) is 83.1 Å². The van der Waals surface area contributed by atoms with E-state index in [0.717, 1.165) is 30.4 Å². The van der Waals surface area contributed by atoms with Crippen LogP contribution in [0.4, 0.5) is 0 Å². The minimum absolute atomic E-state index is 0.106. The summed E-state index contributed by atoms with van der Waals surface area (Å²) in [5.74, 6) is 0.813. The number of hydrogen-bond donors (Lipinski definition) is 1. The van der Waals surface area contributed by atoms with E-state index in [4.69, 9.17) is 5.41 Å². The van der Waals surface area contributed by atoms with Gasteiger partial charge in [0.25, 0.3) is 0 Å². The molecular formula is C43H68N2O2. The van der Waals surface area contributed by atoms with Crippen molar-refractivity contribution >= 4 is 17.8 Å². The average Bonchev–Trinajstić information content (AvgIpc) is 3.05. The molecule has 0 aliphatic heterocycles. The lowest BCUT2D eigenvalue weighted by Gasteiger charge is -2.14. The molecule has 0 unspecified atom stereocenters. The molecule has 0 radical (unpaired) electrons. The van der Waals surface area contributed by atoms with Gasteiger partial charge in [-0.2, -0.15) is 0 Å². The molecule has 0 heterocycles. The molecule has 0 saturated heterocycles. The van der Waals surface area contributed by atoms with Gasteiger partial charge < -0.3 is 10.3 Å². The second-order valence-electron chi connectivity index (χ2n) is 12.0. The number of carbonyl (C=O) groups excluding carboxylic acids is 2. The summed E-state index contributed by atoms with van der Waals surface area (Å²) in [5, 5.41) is 7.04. The van der Waals surface area contributed by atoms with Crippen LogP contribution >= 0.6 is 0 Å². The van der Waals surface area contributed by atoms with Gasteiger partial charge in [0, 0.05) is 44.4 Å². The van der Waals surface area contributed by atoms with Crippen molar-refractivity contribution in [1.82, 2.24) is 4.90 Å². The van der Waals surface area contributed by atoms with Gasteiger partial charge in [-0.15, -0.1) is 0 Å². The minimum atomic E-state index is 0.106. The quantitative estimate of drug-likeness (QED) is 0.115. The van der Waals surface area contributed by atoms with Crippen molar-refractivity contribution in [3.63, 3.8) is 0 Å². The lowest BCUT2D eigenvalue weighted by molar-refractivity contribution is -0.114. The topological polar surface area (TPSA) is 61.2 Å². The Morgan fingerprint density at radius 2 is 1.43 bits per heavy atom. The number of benzene rings is 2. The zero-order valence-corrected chi connectivity index (χ0v) is 32.5. The Kier molecular flexibility index (Phi) is 30.0. The number of Topliss-reactive ketones (excluding diaryl/α,β-unsaturated/α-hetero) is 1. The molecule has 2 rings (SSSR count). The maximum absolute atomic E-state index is 11.1. The van der Waals surface area contributed by atoms with Crippen LogP contribution in [-0.4, -0.2) is 36.8 Å². The van der Waals surface area contributed by atoms with Crippen LogP contribution < -0.4 is 0 Å². The maximum atomic E-state index is 11.1. The van der Waals surface area contributed by atoms with Crippen molar-refractivity contribution < 1.29 is 9.59 Å². The summed E-state index contributed by atoms with van der Waals surface area (Å²) >= 11 is 0. The summed E-state index contributed by atoms with van der Waals surface area (Å²) in [6.07, 6.45) is 11.8. The van der Waals surface area contributed by atoms with Gasteiger partial charge in [-0.1, -0.05) is 132 Å². The van der Waals surface area contributed by atoms with E-state index in [2.05, 4.69) is 110 Å². The van der Waals surface area contributed by atoms with E-state index in [1.165, 1.54) is 45.8 Å². The second-order valence-corrected chi connectivity index (χ2v) is 12.0. The third kappa shape index (κ3) is 26.0. The summed E-state index contributed by atoms with van der Waals surface area (Å²) in [6.45, 7) is 28.1. The third-order valence-electron chi connectivity index (χ3n) is 7.00. The molecule has 0 fully saturated rings. The smallest absolute Gasteiger partial charge is 0.162 e. The van der Waals surface area contributed by atoms with Crippen LogP contribution in [0.25, 0.3) is 0 Å². The van der Waals surface area contributed by atoms with E-state index < -0.39 is 0 Å². The van der Waals surface area contributed by atoms with E-state index in [1.807, 2.05) is 58.9 Å². The summed E-state index contributed by atoms with van der Waals surface area (Å²) in [5.41, 5.74) is 9.94. The summed E-state index contributed by atoms with van der Waals surface area (Å²) in [7, 11) is 4.17. The first-order chi connectivity index (χ1) is 22.1. The molecule has 262 valence electrons. The standard InChI is InChI=1S/C11H21N.C10H12O.C9H12.C8H15N.C5H8O/c1-6-8-11(12(4)5)9-10(3)7-2;1-3-10(11)9-6-4-8(2)5-7-9;1-3-9-6-4-5-8(2)7-9;1-6(2)8(5-9)7(3)4;1-3-5(6)4-2/h8-9H,6-7H2,1-5H3;4-7H,3H2,1-2H3;4-7H,3H2,1-2H3;5-6,9H,1-4H3;3H,1,4H2,2H3/b10-9-,11-8-;;;;. The van der Waals surface area contributed by atoms with Crippen molar-refractivity contribution in [2.24, 2.45) is 5.92 Å². The van der Waals surface area contributed by atoms with Crippen molar-refractivity contribution in [2.75, 3.05) is 14.1 Å². The summed E-state index contributed by atoms with van der Waals surface area (Å²) in [4.78, 5) is 23.3. The number of carbonyl (C=O) groups is 2. The van der Waals surface area contributed by atoms with E-state index in [-0.39, 0.29) is 11.6 Å². The first-order valence-corrected chi connectivity index (χ1v) is 17.1. The van der Waals surface area contributed by atoms with Crippen LogP contribution in [0.5, 0.6) is 0 Å². The third-order valence-corrected chi connectivity index (χ3v) is 7.00. The Bertz CT molecular complexity index is 1250. The predicted molar refractivity (Wildman–Crippen MR) is 210 cm³/mol. The fourth-order valence-corrected chi connectivity index (χ4v) is 3.84. The van der Waals surface area contributed by atoms with E-state index in [0.29, 0.717) is 18.8 Å². The number of ketones is 2. The fourth-order valence-electron chi connectivity index (χ4n) is 3.84. The maximum Gasteiger partial charge on any atom is 0.162 e. The highest BCUT2D eigenvalue weighted by atomic mass is 16.1. The van der Waals surface area contributed by atoms with Crippen LogP contribution in [0.1, 0.15) is 122 Å². The number of nitrogens with one attached hydrogen (secondary N) is 1. The Balaban J connectivity index is -0.000000523. The molecule has 4 nitrogen and oxygen atoms in total. The first-order valence-electron chi connectivity index (χ1n) is 17.1. The lowest BCUT2D eigenvalue weighted by atomic mass is 10.0. The number of aryl methyl sites for hydroxylation is 3. The molecule has 2 aromatic rings. The molecule has 2 aromatic carbocycles. The predicted octanol–water partition coefficient (Wildman–Crippen LogP) is 12.1. The van der Waals surface area contributed by atoms with Crippen LogP contribution in [0.15, 0.2) is 95.8 Å². The number of likely N-dealkylation sites (N-methyl/N-ethyl adjacent to an activating group) is 1. The number of nitrogens with zero attached hydrogens (tertiary/aromatic N) is 1. The second kappa shape index (κ2) is 29.6. The van der Waals surface area contributed by atoms with Gasteiger partial charge in [0.1, 0.15) is 0 Å². The Morgan fingerprint density at radius 1 is 0.851 bits per heavy atom. The van der Waals surface area contributed by atoms with Crippen molar-refractivity contribution in [3.05, 3.63) is 118 Å². The van der Waals surface area contributed by atoms with Crippen LogP contribution in [-0.2, 0) is 11.2 Å². The molecule has 47 heavy (non-hydrogen) atoms. The summed E-state index contributed by atoms with van der Waals surface area (Å²) < 4.78 is 0. The first kappa shape index (κ1) is 47.6. The van der Waals surface area contributed by atoms with Crippen molar-refractivity contribution in [2.45, 2.75) is 115 Å². The van der Waals surface area contributed by atoms with Gasteiger partial charge in [0.05, 0.1) is 0 Å². The monoisotopic (exact) mass is 645 g/mol. The van der Waals surface area contributed by atoms with Crippen molar-refractivity contribution in [3.8, 4) is 0 Å². The minimum Gasteiger partial charge on any atom is -0.378 e. The molecule has 0 spiro atoms. The molecule has 4 heteroatoms. The molecule has 0 atom stereocenters. The Morgan fingerprint density at radius 3 is 1.70 bits per heavy atom. The highest BCUT2D eigenvalue weighted by molar-refractivity contribution is 5.95. The normalized spacial score (nSPS) is 10.3. The highest BCUT2D eigenvalue weighted by Gasteiger charge is 2.00.